The van der Waals surface area contributed by atoms with E-state index in [9.17, 15) is 14.4 Å². The Balaban J connectivity index is 2.32. The molecule has 16 heavy (non-hydrogen) atoms. The number of amides is 3. The first-order valence-electron chi connectivity index (χ1n) is 4.98. The molecular weight excluding hydrogens is 232 g/mol. The van der Waals surface area contributed by atoms with Crippen molar-refractivity contribution >= 4 is 29.7 Å². The van der Waals surface area contributed by atoms with Crippen LogP contribution in [0.25, 0.3) is 0 Å². The Kier molecular flexibility index (Phi) is 4.60. The molecule has 6 nitrogen and oxygen atoms in total. The lowest BCUT2D eigenvalue weighted by atomic mass is 10.3. The molecule has 1 rings (SSSR count). The molecule has 1 unspecified atom stereocenters. The van der Waals surface area contributed by atoms with Gasteiger partial charge in [-0.15, -0.1) is 11.8 Å². The van der Waals surface area contributed by atoms with Gasteiger partial charge in [0, 0.05) is 12.3 Å². The van der Waals surface area contributed by atoms with Gasteiger partial charge in [-0.1, -0.05) is 6.92 Å². The molecule has 3 amide bonds. The Morgan fingerprint density at radius 2 is 2.31 bits per heavy atom. The standard InChI is InChI=1S/C9H14N2O4S/c1-2-6(8(13)14)16-4-3-11-7(12)5-10-9(11)15/h6H,2-5H2,1H3,(H,10,15)(H,13,14). The SMILES string of the molecule is CCC(SCCN1C(=O)CNC1=O)C(=O)O. The summed E-state index contributed by atoms with van der Waals surface area (Å²) in [5, 5.41) is 10.7. The van der Waals surface area contributed by atoms with Gasteiger partial charge in [0.2, 0.25) is 5.91 Å². The van der Waals surface area contributed by atoms with Gasteiger partial charge in [-0.25, -0.2) is 4.79 Å². The molecule has 1 heterocycles. The number of carboxylic acids is 1. The molecule has 0 aliphatic carbocycles. The number of hydrogen-bond donors (Lipinski definition) is 2. The molecule has 90 valence electrons. The number of hydrogen-bond acceptors (Lipinski definition) is 4. The molecule has 0 bridgehead atoms. The van der Waals surface area contributed by atoms with Gasteiger partial charge in [0.05, 0.1) is 6.54 Å². The number of carboxylic acid groups (broad SMARTS) is 1. The second kappa shape index (κ2) is 5.74. The Labute approximate surface area is 97.4 Å². The predicted molar refractivity (Wildman–Crippen MR) is 59.3 cm³/mol. The number of rotatable bonds is 6. The zero-order valence-corrected chi connectivity index (χ0v) is 9.75. The molecule has 0 aromatic carbocycles. The van der Waals surface area contributed by atoms with Crippen molar-refractivity contribution in [2.24, 2.45) is 0 Å². The summed E-state index contributed by atoms with van der Waals surface area (Å²) in [6.45, 7) is 2.10. The summed E-state index contributed by atoms with van der Waals surface area (Å²) in [6.07, 6.45) is 0.528. The predicted octanol–water partition coefficient (Wildman–Crippen LogP) is 0.135. The van der Waals surface area contributed by atoms with Gasteiger partial charge in [0.1, 0.15) is 5.25 Å². The van der Waals surface area contributed by atoms with Gasteiger partial charge in [-0.3, -0.25) is 14.5 Å². The number of nitrogens with zero attached hydrogens (tertiary/aromatic N) is 1. The maximum Gasteiger partial charge on any atom is 0.324 e. The maximum atomic E-state index is 11.2. The van der Waals surface area contributed by atoms with Crippen LogP contribution in [0.15, 0.2) is 0 Å². The Hall–Kier alpha value is -1.24. The average Bonchev–Trinajstić information content (AvgIpc) is 2.54. The van der Waals surface area contributed by atoms with Crippen LogP contribution in [0.5, 0.6) is 0 Å². The van der Waals surface area contributed by atoms with Crippen LogP contribution in [0, 0.1) is 0 Å². The summed E-state index contributed by atoms with van der Waals surface area (Å²) in [4.78, 5) is 34.1. The van der Waals surface area contributed by atoms with Crippen LogP contribution < -0.4 is 5.32 Å². The molecule has 1 saturated heterocycles. The van der Waals surface area contributed by atoms with E-state index >= 15 is 0 Å². The van der Waals surface area contributed by atoms with E-state index in [-0.39, 0.29) is 19.0 Å². The van der Waals surface area contributed by atoms with Crippen LogP contribution in [0.2, 0.25) is 0 Å². The largest absolute Gasteiger partial charge is 0.480 e. The normalized spacial score (nSPS) is 17.4. The second-order valence-corrected chi connectivity index (χ2v) is 4.62. The van der Waals surface area contributed by atoms with Crippen molar-refractivity contribution in [3.8, 4) is 0 Å². The van der Waals surface area contributed by atoms with E-state index in [0.29, 0.717) is 12.2 Å². The first kappa shape index (κ1) is 12.8. The minimum atomic E-state index is -0.857. The summed E-state index contributed by atoms with van der Waals surface area (Å²) in [5.74, 6) is -0.664. The van der Waals surface area contributed by atoms with Gasteiger partial charge in [0.25, 0.3) is 0 Å². The number of imide groups is 1. The molecule has 1 atom stereocenters. The van der Waals surface area contributed by atoms with Crippen molar-refractivity contribution < 1.29 is 19.5 Å². The third kappa shape index (κ3) is 3.13. The molecule has 0 aromatic heterocycles. The van der Waals surface area contributed by atoms with E-state index in [1.807, 2.05) is 0 Å². The lowest BCUT2D eigenvalue weighted by Crippen LogP contribution is -2.33. The molecule has 1 aliphatic rings. The van der Waals surface area contributed by atoms with Crippen LogP contribution in [0.1, 0.15) is 13.3 Å². The van der Waals surface area contributed by atoms with E-state index in [1.165, 1.54) is 11.8 Å². The Morgan fingerprint density at radius 3 is 2.75 bits per heavy atom. The van der Waals surface area contributed by atoms with Crippen LogP contribution in [0.4, 0.5) is 4.79 Å². The van der Waals surface area contributed by atoms with Gasteiger partial charge in [0.15, 0.2) is 0 Å². The molecule has 0 spiro atoms. The van der Waals surface area contributed by atoms with E-state index in [2.05, 4.69) is 5.32 Å². The highest BCUT2D eigenvalue weighted by molar-refractivity contribution is 8.00. The number of aliphatic carboxylic acids is 1. The number of nitrogens with one attached hydrogen (secondary N) is 1. The summed E-state index contributed by atoms with van der Waals surface area (Å²) >= 11 is 1.25. The van der Waals surface area contributed by atoms with E-state index in [0.717, 1.165) is 4.90 Å². The fraction of sp³-hybridized carbons (Fsp3) is 0.667. The fourth-order valence-corrected chi connectivity index (χ4v) is 2.28. The van der Waals surface area contributed by atoms with Crippen molar-refractivity contribution in [3.05, 3.63) is 0 Å². The van der Waals surface area contributed by atoms with Crippen LogP contribution in [0.3, 0.4) is 0 Å². The summed E-state index contributed by atoms with van der Waals surface area (Å²) in [6, 6.07) is -0.394. The minimum absolute atomic E-state index is 0.0413. The fourth-order valence-electron chi connectivity index (χ4n) is 1.33. The summed E-state index contributed by atoms with van der Waals surface area (Å²) < 4.78 is 0. The van der Waals surface area contributed by atoms with Gasteiger partial charge in [-0.05, 0) is 6.42 Å². The first-order chi connectivity index (χ1) is 7.56. The Bertz CT molecular complexity index is 292. The number of carbonyl (C=O) groups excluding carboxylic acids is 2. The molecule has 0 radical (unpaired) electrons. The minimum Gasteiger partial charge on any atom is -0.480 e. The molecule has 0 aromatic rings. The highest BCUT2D eigenvalue weighted by atomic mass is 32.2. The maximum absolute atomic E-state index is 11.2. The number of thioether (sulfide) groups is 1. The lowest BCUT2D eigenvalue weighted by molar-refractivity contribution is -0.136. The molecule has 2 N–H and O–H groups in total. The Morgan fingerprint density at radius 1 is 1.62 bits per heavy atom. The van der Waals surface area contributed by atoms with Crippen LogP contribution in [-0.2, 0) is 9.59 Å². The van der Waals surface area contributed by atoms with Crippen molar-refractivity contribution in [3.63, 3.8) is 0 Å². The molecule has 7 heteroatoms. The average molecular weight is 246 g/mol. The summed E-state index contributed by atoms with van der Waals surface area (Å²) in [5.41, 5.74) is 0. The lowest BCUT2D eigenvalue weighted by Gasteiger charge is -2.14. The van der Waals surface area contributed by atoms with Crippen molar-refractivity contribution in [1.29, 1.82) is 0 Å². The smallest absolute Gasteiger partial charge is 0.324 e. The third-order valence-electron chi connectivity index (χ3n) is 2.22. The van der Waals surface area contributed by atoms with Gasteiger partial charge < -0.3 is 10.4 Å². The van der Waals surface area contributed by atoms with Crippen LogP contribution >= 0.6 is 11.8 Å². The quantitative estimate of drug-likeness (QED) is 0.651. The monoisotopic (exact) mass is 246 g/mol. The first-order valence-corrected chi connectivity index (χ1v) is 6.03. The topological polar surface area (TPSA) is 86.7 Å². The van der Waals surface area contributed by atoms with E-state index < -0.39 is 17.3 Å². The van der Waals surface area contributed by atoms with Gasteiger partial charge >= 0.3 is 12.0 Å². The third-order valence-corrected chi connectivity index (χ3v) is 3.57. The van der Waals surface area contributed by atoms with Crippen molar-refractivity contribution in [1.82, 2.24) is 10.2 Å². The highest BCUT2D eigenvalue weighted by Gasteiger charge is 2.28. The highest BCUT2D eigenvalue weighted by Crippen LogP contribution is 2.15. The molecule has 1 aliphatic heterocycles. The second-order valence-electron chi connectivity index (χ2n) is 3.31. The van der Waals surface area contributed by atoms with Gasteiger partial charge in [-0.2, -0.15) is 0 Å². The zero-order chi connectivity index (χ0) is 12.1. The summed E-state index contributed by atoms with van der Waals surface area (Å²) in [7, 11) is 0. The number of carbonyl (C=O) groups is 3. The molecule has 1 fully saturated rings. The van der Waals surface area contributed by atoms with Crippen LogP contribution in [-0.4, -0.2) is 52.0 Å². The van der Waals surface area contributed by atoms with Crippen molar-refractivity contribution in [2.75, 3.05) is 18.8 Å². The van der Waals surface area contributed by atoms with E-state index in [4.69, 9.17) is 5.11 Å². The zero-order valence-electron chi connectivity index (χ0n) is 8.93. The van der Waals surface area contributed by atoms with Crippen molar-refractivity contribution in [2.45, 2.75) is 18.6 Å². The molecular formula is C9H14N2O4S. The van der Waals surface area contributed by atoms with E-state index in [1.54, 1.807) is 6.92 Å². The number of urea groups is 1. The molecule has 0 saturated carbocycles.